The number of benzene rings is 1. The first-order valence-electron chi connectivity index (χ1n) is 8.19. The highest BCUT2D eigenvalue weighted by Gasteiger charge is 2.18. The van der Waals surface area contributed by atoms with Gasteiger partial charge in [-0.25, -0.2) is 0 Å². The van der Waals surface area contributed by atoms with Crippen molar-refractivity contribution in [2.45, 2.75) is 33.1 Å². The van der Waals surface area contributed by atoms with Crippen molar-refractivity contribution in [1.29, 1.82) is 0 Å². The van der Waals surface area contributed by atoms with Crippen LogP contribution in [0.1, 0.15) is 29.8 Å². The van der Waals surface area contributed by atoms with E-state index in [1.807, 2.05) is 43.8 Å². The zero-order valence-corrected chi connectivity index (χ0v) is 14.1. The first-order valence-corrected chi connectivity index (χ1v) is 8.19. The van der Waals surface area contributed by atoms with Gasteiger partial charge in [0.2, 0.25) is 5.91 Å². The number of amides is 1. The molecule has 2 aromatic rings. The van der Waals surface area contributed by atoms with Crippen molar-refractivity contribution in [3.05, 3.63) is 41.2 Å². The summed E-state index contributed by atoms with van der Waals surface area (Å²) in [6.45, 7) is 6.08. The fraction of sp³-hybridized carbons (Fsp3) is 0.444. The van der Waals surface area contributed by atoms with Crippen LogP contribution < -0.4 is 10.2 Å². The van der Waals surface area contributed by atoms with E-state index >= 15 is 0 Å². The molecule has 23 heavy (non-hydrogen) atoms. The number of nitrogens with one attached hydrogen (secondary N) is 1. The number of carbonyl (C=O) groups excluding carboxylic acids is 1. The number of aromatic nitrogens is 2. The number of hydrogen-bond donors (Lipinski definition) is 1. The first-order chi connectivity index (χ1) is 11.1. The minimum atomic E-state index is 0.0100. The summed E-state index contributed by atoms with van der Waals surface area (Å²) < 4.78 is 1.83. The second kappa shape index (κ2) is 6.44. The van der Waals surface area contributed by atoms with Crippen LogP contribution in [0.15, 0.2) is 24.3 Å². The SMILES string of the molecule is Cc1nn(C)c(C)c1CC(=O)Nc1ccccc1N1CCCC1. The zero-order valence-electron chi connectivity index (χ0n) is 14.1. The van der Waals surface area contributed by atoms with Gasteiger partial charge in [-0.1, -0.05) is 12.1 Å². The van der Waals surface area contributed by atoms with Gasteiger partial charge in [-0.15, -0.1) is 0 Å². The molecule has 0 saturated carbocycles. The molecule has 0 aliphatic carbocycles. The van der Waals surface area contributed by atoms with E-state index < -0.39 is 0 Å². The maximum absolute atomic E-state index is 12.5. The third-order valence-corrected chi connectivity index (χ3v) is 4.62. The van der Waals surface area contributed by atoms with E-state index in [1.54, 1.807) is 0 Å². The van der Waals surface area contributed by atoms with E-state index in [0.29, 0.717) is 6.42 Å². The van der Waals surface area contributed by atoms with Crippen molar-refractivity contribution in [2.75, 3.05) is 23.3 Å². The van der Waals surface area contributed by atoms with Crippen molar-refractivity contribution in [3.8, 4) is 0 Å². The van der Waals surface area contributed by atoms with E-state index in [9.17, 15) is 4.79 Å². The zero-order chi connectivity index (χ0) is 16.4. The topological polar surface area (TPSA) is 50.2 Å². The summed E-state index contributed by atoms with van der Waals surface area (Å²) in [6.07, 6.45) is 2.80. The lowest BCUT2D eigenvalue weighted by molar-refractivity contribution is -0.115. The Balaban J connectivity index is 1.75. The van der Waals surface area contributed by atoms with Gasteiger partial charge in [-0.3, -0.25) is 9.48 Å². The Morgan fingerprint density at radius 1 is 1.22 bits per heavy atom. The van der Waals surface area contributed by atoms with Crippen LogP contribution in [0.3, 0.4) is 0 Å². The molecule has 2 heterocycles. The summed E-state index contributed by atoms with van der Waals surface area (Å²) in [6, 6.07) is 8.06. The molecule has 1 aliphatic rings. The normalized spacial score (nSPS) is 14.3. The Bertz CT molecular complexity index is 714. The molecule has 1 aromatic carbocycles. The van der Waals surface area contributed by atoms with Crippen molar-refractivity contribution >= 4 is 17.3 Å². The van der Waals surface area contributed by atoms with Crippen LogP contribution in [0.25, 0.3) is 0 Å². The monoisotopic (exact) mass is 312 g/mol. The fourth-order valence-corrected chi connectivity index (χ4v) is 3.24. The largest absolute Gasteiger partial charge is 0.370 e. The van der Waals surface area contributed by atoms with Gasteiger partial charge in [-0.05, 0) is 38.8 Å². The summed E-state index contributed by atoms with van der Waals surface area (Å²) in [4.78, 5) is 14.8. The number of nitrogens with zero attached hydrogens (tertiary/aromatic N) is 3. The number of anilines is 2. The van der Waals surface area contributed by atoms with Gasteiger partial charge in [0.15, 0.2) is 0 Å². The number of carbonyl (C=O) groups is 1. The van der Waals surface area contributed by atoms with E-state index in [4.69, 9.17) is 0 Å². The average molecular weight is 312 g/mol. The molecule has 0 unspecified atom stereocenters. The number of para-hydroxylation sites is 2. The maximum Gasteiger partial charge on any atom is 0.228 e. The quantitative estimate of drug-likeness (QED) is 0.944. The second-order valence-corrected chi connectivity index (χ2v) is 6.21. The summed E-state index contributed by atoms with van der Waals surface area (Å²) >= 11 is 0. The standard InChI is InChI=1S/C18H24N4O/c1-13-15(14(2)21(3)20-13)12-18(23)19-16-8-4-5-9-17(16)22-10-6-7-11-22/h4-5,8-9H,6-7,10-12H2,1-3H3,(H,19,23). The van der Waals surface area contributed by atoms with Crippen molar-refractivity contribution in [1.82, 2.24) is 9.78 Å². The van der Waals surface area contributed by atoms with E-state index in [1.165, 1.54) is 12.8 Å². The van der Waals surface area contributed by atoms with Crippen LogP contribution in [-0.2, 0) is 18.3 Å². The van der Waals surface area contributed by atoms with E-state index in [0.717, 1.165) is 41.4 Å². The lowest BCUT2D eigenvalue weighted by Gasteiger charge is -2.21. The minimum Gasteiger partial charge on any atom is -0.370 e. The van der Waals surface area contributed by atoms with Crippen LogP contribution in [0, 0.1) is 13.8 Å². The van der Waals surface area contributed by atoms with Crippen molar-refractivity contribution in [3.63, 3.8) is 0 Å². The minimum absolute atomic E-state index is 0.0100. The fourth-order valence-electron chi connectivity index (χ4n) is 3.24. The van der Waals surface area contributed by atoms with Gasteiger partial charge >= 0.3 is 0 Å². The Morgan fingerprint density at radius 2 is 1.91 bits per heavy atom. The van der Waals surface area contributed by atoms with Crippen LogP contribution in [0.2, 0.25) is 0 Å². The molecule has 122 valence electrons. The molecule has 1 N–H and O–H groups in total. The molecule has 0 radical (unpaired) electrons. The molecule has 1 aliphatic heterocycles. The van der Waals surface area contributed by atoms with Crippen molar-refractivity contribution < 1.29 is 4.79 Å². The molecule has 0 bridgehead atoms. The van der Waals surface area contributed by atoms with E-state index in [2.05, 4.69) is 21.4 Å². The lowest BCUT2D eigenvalue weighted by atomic mass is 10.1. The number of hydrogen-bond acceptors (Lipinski definition) is 3. The molecular formula is C18H24N4O. The average Bonchev–Trinajstić information content (AvgIpc) is 3.13. The molecule has 1 amide bonds. The third-order valence-electron chi connectivity index (χ3n) is 4.62. The lowest BCUT2D eigenvalue weighted by Crippen LogP contribution is -2.22. The highest BCUT2D eigenvalue weighted by molar-refractivity contribution is 5.95. The maximum atomic E-state index is 12.5. The smallest absolute Gasteiger partial charge is 0.228 e. The molecule has 1 aromatic heterocycles. The molecular weight excluding hydrogens is 288 g/mol. The molecule has 5 nitrogen and oxygen atoms in total. The van der Waals surface area contributed by atoms with Crippen LogP contribution >= 0.6 is 0 Å². The predicted molar refractivity (Wildman–Crippen MR) is 92.9 cm³/mol. The Hall–Kier alpha value is -2.30. The first kappa shape index (κ1) is 15.6. The Labute approximate surface area is 137 Å². The molecule has 1 fully saturated rings. The highest BCUT2D eigenvalue weighted by atomic mass is 16.1. The summed E-state index contributed by atoms with van der Waals surface area (Å²) in [5.41, 5.74) is 5.01. The van der Waals surface area contributed by atoms with Crippen LogP contribution in [-0.4, -0.2) is 28.8 Å². The summed E-state index contributed by atoms with van der Waals surface area (Å²) in [7, 11) is 1.91. The second-order valence-electron chi connectivity index (χ2n) is 6.21. The molecule has 3 rings (SSSR count). The van der Waals surface area contributed by atoms with E-state index in [-0.39, 0.29) is 5.91 Å². The summed E-state index contributed by atoms with van der Waals surface area (Å²) in [5.74, 6) is 0.0100. The molecule has 0 spiro atoms. The van der Waals surface area contributed by atoms with Crippen LogP contribution in [0.5, 0.6) is 0 Å². The third kappa shape index (κ3) is 3.23. The Morgan fingerprint density at radius 3 is 2.57 bits per heavy atom. The highest BCUT2D eigenvalue weighted by Crippen LogP contribution is 2.28. The van der Waals surface area contributed by atoms with Gasteiger partial charge in [0.25, 0.3) is 0 Å². The van der Waals surface area contributed by atoms with Gasteiger partial charge < -0.3 is 10.2 Å². The van der Waals surface area contributed by atoms with Gasteiger partial charge in [-0.2, -0.15) is 5.10 Å². The van der Waals surface area contributed by atoms with Gasteiger partial charge in [0.1, 0.15) is 0 Å². The number of rotatable bonds is 4. The summed E-state index contributed by atoms with van der Waals surface area (Å²) in [5, 5.41) is 7.46. The van der Waals surface area contributed by atoms with Crippen molar-refractivity contribution in [2.24, 2.45) is 7.05 Å². The molecule has 5 heteroatoms. The van der Waals surface area contributed by atoms with Crippen LogP contribution in [0.4, 0.5) is 11.4 Å². The number of aryl methyl sites for hydroxylation is 2. The Kier molecular flexibility index (Phi) is 4.37. The molecule has 0 atom stereocenters. The van der Waals surface area contributed by atoms with Gasteiger partial charge in [0, 0.05) is 31.4 Å². The molecule has 1 saturated heterocycles. The van der Waals surface area contributed by atoms with Gasteiger partial charge in [0.05, 0.1) is 23.5 Å². The predicted octanol–water partition coefficient (Wildman–Crippen LogP) is 2.82.